The largest absolute Gasteiger partial charge is 0.410 e. The van der Waals surface area contributed by atoms with Crippen molar-refractivity contribution in [1.82, 2.24) is 0 Å². The van der Waals surface area contributed by atoms with Crippen molar-refractivity contribution < 1.29 is 14.5 Å². The molecule has 0 unspecified atom stereocenters. The van der Waals surface area contributed by atoms with Crippen LogP contribution in [-0.2, 0) is 4.79 Å². The van der Waals surface area contributed by atoms with Crippen molar-refractivity contribution in [3.8, 4) is 5.06 Å². The van der Waals surface area contributed by atoms with Gasteiger partial charge < -0.3 is 4.74 Å². The van der Waals surface area contributed by atoms with E-state index in [1.807, 2.05) is 0 Å². The maximum absolute atomic E-state index is 10.2. The summed E-state index contributed by atoms with van der Waals surface area (Å²) in [4.78, 5) is 19.4. The first-order valence-electron chi connectivity index (χ1n) is 2.58. The minimum Gasteiger partial charge on any atom is -0.410 e. The van der Waals surface area contributed by atoms with Crippen LogP contribution in [0.25, 0.3) is 0 Å². The van der Waals surface area contributed by atoms with Gasteiger partial charge in [-0.05, 0) is 0 Å². The lowest BCUT2D eigenvalue weighted by molar-refractivity contribution is -0.385. The first-order valence-corrected chi connectivity index (χ1v) is 3.46. The summed E-state index contributed by atoms with van der Waals surface area (Å²) in [7, 11) is 0. The molecule has 0 saturated heterocycles. The van der Waals surface area contributed by atoms with Crippen LogP contribution < -0.4 is 4.74 Å². The average molecular weight is 173 g/mol. The van der Waals surface area contributed by atoms with E-state index >= 15 is 0 Å². The lowest BCUT2D eigenvalue weighted by Gasteiger charge is -1.89. The molecule has 0 N–H and O–H groups in total. The van der Waals surface area contributed by atoms with Gasteiger partial charge in [0.15, 0.2) is 0 Å². The summed E-state index contributed by atoms with van der Waals surface area (Å²) in [5, 5.41) is 11.7. The SMILES string of the molecule is O=COc1sccc1[N+](=O)[O-]. The first-order chi connectivity index (χ1) is 5.25. The Balaban J connectivity index is 2.95. The fourth-order valence-corrected chi connectivity index (χ4v) is 1.23. The number of rotatable bonds is 3. The van der Waals surface area contributed by atoms with Crippen molar-refractivity contribution in [3.63, 3.8) is 0 Å². The molecule has 5 nitrogen and oxygen atoms in total. The number of thiophene rings is 1. The van der Waals surface area contributed by atoms with Crippen LogP contribution in [0.5, 0.6) is 5.06 Å². The first kappa shape index (κ1) is 7.67. The van der Waals surface area contributed by atoms with Gasteiger partial charge >= 0.3 is 5.69 Å². The van der Waals surface area contributed by atoms with E-state index in [2.05, 4.69) is 4.74 Å². The molecule has 1 aromatic heterocycles. The molecule has 0 atom stereocenters. The molecule has 0 aromatic carbocycles. The van der Waals surface area contributed by atoms with Gasteiger partial charge in [-0.25, -0.2) is 0 Å². The number of hydrogen-bond acceptors (Lipinski definition) is 5. The Hall–Kier alpha value is -1.43. The Morgan fingerprint density at radius 3 is 3.00 bits per heavy atom. The molecule has 0 bridgehead atoms. The zero-order valence-corrected chi connectivity index (χ0v) is 6.04. The smallest absolute Gasteiger partial charge is 0.323 e. The van der Waals surface area contributed by atoms with Crippen LogP contribution in [0.3, 0.4) is 0 Å². The van der Waals surface area contributed by atoms with E-state index in [9.17, 15) is 14.9 Å². The molecule has 1 rings (SSSR count). The second-order valence-electron chi connectivity index (χ2n) is 1.56. The van der Waals surface area contributed by atoms with Gasteiger partial charge in [-0.3, -0.25) is 14.9 Å². The molecule has 0 fully saturated rings. The molecule has 0 amide bonds. The number of hydrogen-bond donors (Lipinski definition) is 0. The van der Waals surface area contributed by atoms with E-state index in [4.69, 9.17) is 0 Å². The molecular formula is C5H3NO4S. The molecule has 0 radical (unpaired) electrons. The summed E-state index contributed by atoms with van der Waals surface area (Å²) in [6.45, 7) is 0.166. The van der Waals surface area contributed by atoms with Gasteiger partial charge in [-0.15, -0.1) is 0 Å². The maximum atomic E-state index is 10.2. The molecular weight excluding hydrogens is 170 g/mol. The Kier molecular flexibility index (Phi) is 2.17. The third kappa shape index (κ3) is 1.53. The number of nitrogens with zero attached hydrogens (tertiary/aromatic N) is 1. The van der Waals surface area contributed by atoms with Crippen LogP contribution in [0, 0.1) is 10.1 Å². The zero-order valence-electron chi connectivity index (χ0n) is 5.22. The summed E-state index contributed by atoms with van der Waals surface area (Å²) < 4.78 is 4.33. The zero-order chi connectivity index (χ0) is 8.27. The van der Waals surface area contributed by atoms with Crippen molar-refractivity contribution in [2.75, 3.05) is 0 Å². The van der Waals surface area contributed by atoms with Gasteiger partial charge in [0.25, 0.3) is 11.5 Å². The highest BCUT2D eigenvalue weighted by molar-refractivity contribution is 7.12. The van der Waals surface area contributed by atoms with Gasteiger partial charge in [0.05, 0.1) is 4.92 Å². The van der Waals surface area contributed by atoms with Gasteiger partial charge in [0.1, 0.15) is 0 Å². The predicted octanol–water partition coefficient (Wildman–Crippen LogP) is 1.19. The van der Waals surface area contributed by atoms with Gasteiger partial charge in [-0.1, -0.05) is 11.3 Å². The van der Waals surface area contributed by atoms with E-state index in [1.165, 1.54) is 11.4 Å². The monoisotopic (exact) mass is 173 g/mol. The molecule has 0 saturated carbocycles. The fourth-order valence-electron chi connectivity index (χ4n) is 0.556. The number of carbonyl (C=O) groups is 1. The molecule has 1 aromatic rings. The minimum absolute atomic E-state index is 0.0185. The maximum Gasteiger partial charge on any atom is 0.323 e. The van der Waals surface area contributed by atoms with Crippen LogP contribution >= 0.6 is 11.3 Å². The van der Waals surface area contributed by atoms with Crippen LogP contribution in [0.1, 0.15) is 0 Å². The lowest BCUT2D eigenvalue weighted by atomic mass is 10.5. The molecule has 0 spiro atoms. The quantitative estimate of drug-likeness (QED) is 0.391. The van der Waals surface area contributed by atoms with E-state index in [-0.39, 0.29) is 17.2 Å². The molecule has 0 aliphatic heterocycles. The van der Waals surface area contributed by atoms with Gasteiger partial charge in [-0.2, -0.15) is 0 Å². The van der Waals surface area contributed by atoms with Crippen molar-refractivity contribution >= 4 is 23.5 Å². The second-order valence-corrected chi connectivity index (χ2v) is 2.44. The van der Waals surface area contributed by atoms with Gasteiger partial charge in [0, 0.05) is 11.4 Å². The molecule has 11 heavy (non-hydrogen) atoms. The molecule has 0 aliphatic carbocycles. The van der Waals surface area contributed by atoms with Crippen molar-refractivity contribution in [2.45, 2.75) is 0 Å². The highest BCUT2D eigenvalue weighted by Gasteiger charge is 2.15. The third-order valence-corrected chi connectivity index (χ3v) is 1.75. The number of nitro groups is 1. The summed E-state index contributed by atoms with van der Waals surface area (Å²) in [6, 6.07) is 1.28. The standard InChI is InChI=1S/C5H3NO4S/c7-3-10-5-4(6(8)9)1-2-11-5/h1-3H. The second kappa shape index (κ2) is 3.11. The summed E-state index contributed by atoms with van der Waals surface area (Å²) in [5.74, 6) is 0. The Morgan fingerprint density at radius 1 is 1.73 bits per heavy atom. The Morgan fingerprint density at radius 2 is 2.45 bits per heavy atom. The molecule has 1 heterocycles. The summed E-state index contributed by atoms with van der Waals surface area (Å²) in [6.07, 6.45) is 0. The topological polar surface area (TPSA) is 69.4 Å². The van der Waals surface area contributed by atoms with E-state index in [0.29, 0.717) is 0 Å². The third-order valence-electron chi connectivity index (χ3n) is 0.962. The Labute approximate surface area is 65.4 Å². The van der Waals surface area contributed by atoms with Crippen molar-refractivity contribution in [1.29, 1.82) is 0 Å². The minimum atomic E-state index is -0.602. The van der Waals surface area contributed by atoms with E-state index < -0.39 is 4.92 Å². The Bertz CT molecular complexity index is 282. The van der Waals surface area contributed by atoms with E-state index in [1.54, 1.807) is 0 Å². The fraction of sp³-hybridized carbons (Fsp3) is 0. The number of ether oxygens (including phenoxy) is 1. The van der Waals surface area contributed by atoms with Crippen LogP contribution in [0.15, 0.2) is 11.4 Å². The summed E-state index contributed by atoms with van der Waals surface area (Å²) >= 11 is 1.01. The van der Waals surface area contributed by atoms with Crippen LogP contribution in [0.4, 0.5) is 5.69 Å². The molecule has 58 valence electrons. The normalized spacial score (nSPS) is 9.09. The van der Waals surface area contributed by atoms with Crippen LogP contribution in [0.2, 0.25) is 0 Å². The highest BCUT2D eigenvalue weighted by Crippen LogP contribution is 2.32. The van der Waals surface area contributed by atoms with Crippen LogP contribution in [-0.4, -0.2) is 11.4 Å². The lowest BCUT2D eigenvalue weighted by Crippen LogP contribution is -1.91. The predicted molar refractivity (Wildman–Crippen MR) is 37.7 cm³/mol. The van der Waals surface area contributed by atoms with E-state index in [0.717, 1.165) is 11.3 Å². The molecule has 6 heteroatoms. The summed E-state index contributed by atoms with van der Waals surface area (Å²) in [5.41, 5.74) is -0.179. The average Bonchev–Trinajstić information content (AvgIpc) is 2.36. The molecule has 0 aliphatic rings. The van der Waals surface area contributed by atoms with Gasteiger partial charge in [0.2, 0.25) is 0 Å². The number of carbonyl (C=O) groups excluding carboxylic acids is 1. The van der Waals surface area contributed by atoms with Crippen molar-refractivity contribution in [3.05, 3.63) is 21.6 Å². The highest BCUT2D eigenvalue weighted by atomic mass is 32.1. The van der Waals surface area contributed by atoms with Crippen molar-refractivity contribution in [2.24, 2.45) is 0 Å².